The lowest BCUT2D eigenvalue weighted by Crippen LogP contribution is -2.44. The molecule has 1 aromatic carbocycles. The monoisotopic (exact) mass is 258 g/mol. The number of rotatable bonds is 2. The van der Waals surface area contributed by atoms with Crippen molar-refractivity contribution < 1.29 is 0 Å². The second-order valence-corrected chi connectivity index (χ2v) is 5.49. The third kappa shape index (κ3) is 2.60. The van der Waals surface area contributed by atoms with E-state index in [2.05, 4.69) is 46.5 Å². The summed E-state index contributed by atoms with van der Waals surface area (Å²) in [5.41, 5.74) is 5.19. The number of benzene rings is 1. The fourth-order valence-corrected chi connectivity index (χ4v) is 2.73. The Balaban J connectivity index is 1.81. The molecule has 0 spiro atoms. The predicted molar refractivity (Wildman–Crippen MR) is 80.3 cm³/mol. The van der Waals surface area contributed by atoms with Crippen LogP contribution in [0.15, 0.2) is 24.5 Å². The Morgan fingerprint density at radius 1 is 1.05 bits per heavy atom. The quantitative estimate of drug-likeness (QED) is 0.850. The van der Waals surface area contributed by atoms with E-state index in [0.717, 1.165) is 19.6 Å². The first-order valence-electron chi connectivity index (χ1n) is 6.95. The first kappa shape index (κ1) is 12.5. The molecule has 1 saturated heterocycles. The second kappa shape index (κ2) is 5.23. The first-order chi connectivity index (χ1) is 9.24. The molecule has 2 aliphatic heterocycles. The van der Waals surface area contributed by atoms with E-state index >= 15 is 0 Å². The summed E-state index contributed by atoms with van der Waals surface area (Å²) < 4.78 is 0. The van der Waals surface area contributed by atoms with Crippen LogP contribution in [0.3, 0.4) is 0 Å². The van der Waals surface area contributed by atoms with Crippen LogP contribution < -0.4 is 10.6 Å². The minimum atomic E-state index is 1.03. The van der Waals surface area contributed by atoms with Crippen molar-refractivity contribution in [1.29, 1.82) is 0 Å². The van der Waals surface area contributed by atoms with Gasteiger partial charge in [-0.05, 0) is 31.2 Å². The van der Waals surface area contributed by atoms with Gasteiger partial charge in [-0.2, -0.15) is 0 Å². The SMILES string of the molecule is Cc1ccc2c(c1CN1CCN(C)CC1)NC=CN2. The zero-order valence-electron chi connectivity index (χ0n) is 11.7. The molecule has 19 heavy (non-hydrogen) atoms. The van der Waals surface area contributed by atoms with Crippen molar-refractivity contribution >= 4 is 11.4 Å². The van der Waals surface area contributed by atoms with Crippen LogP contribution in [0.2, 0.25) is 0 Å². The van der Waals surface area contributed by atoms with Crippen molar-refractivity contribution in [3.8, 4) is 0 Å². The summed E-state index contributed by atoms with van der Waals surface area (Å²) in [6.07, 6.45) is 3.91. The molecular formula is C15H22N4. The minimum Gasteiger partial charge on any atom is -0.359 e. The normalized spacial score (nSPS) is 19.7. The predicted octanol–water partition coefficient (Wildman–Crippen LogP) is 2.05. The van der Waals surface area contributed by atoms with E-state index in [9.17, 15) is 0 Å². The third-order valence-corrected chi connectivity index (χ3v) is 4.07. The van der Waals surface area contributed by atoms with Crippen molar-refractivity contribution in [1.82, 2.24) is 9.80 Å². The molecule has 3 rings (SSSR count). The van der Waals surface area contributed by atoms with Gasteiger partial charge >= 0.3 is 0 Å². The number of hydrogen-bond acceptors (Lipinski definition) is 4. The first-order valence-corrected chi connectivity index (χ1v) is 6.95. The van der Waals surface area contributed by atoms with Crippen molar-refractivity contribution in [3.05, 3.63) is 35.7 Å². The molecule has 102 valence electrons. The van der Waals surface area contributed by atoms with Crippen LogP contribution in [-0.2, 0) is 6.54 Å². The third-order valence-electron chi connectivity index (χ3n) is 4.07. The van der Waals surface area contributed by atoms with Gasteiger partial charge in [-0.25, -0.2) is 0 Å². The maximum Gasteiger partial charge on any atom is 0.0667 e. The zero-order valence-corrected chi connectivity index (χ0v) is 11.7. The summed E-state index contributed by atoms with van der Waals surface area (Å²) in [6.45, 7) is 7.88. The molecule has 0 amide bonds. The van der Waals surface area contributed by atoms with E-state index in [1.54, 1.807) is 0 Å². The Bertz CT molecular complexity index is 487. The smallest absolute Gasteiger partial charge is 0.0667 e. The van der Waals surface area contributed by atoms with Crippen LogP contribution in [0.25, 0.3) is 0 Å². The van der Waals surface area contributed by atoms with Crippen LogP contribution in [0.4, 0.5) is 11.4 Å². The number of aryl methyl sites for hydroxylation is 1. The number of hydrogen-bond donors (Lipinski definition) is 2. The molecule has 0 unspecified atom stereocenters. The Labute approximate surface area is 115 Å². The molecular weight excluding hydrogens is 236 g/mol. The van der Waals surface area contributed by atoms with E-state index in [1.165, 1.54) is 35.6 Å². The lowest BCUT2D eigenvalue weighted by atomic mass is 10.0. The summed E-state index contributed by atoms with van der Waals surface area (Å²) in [7, 11) is 2.20. The van der Waals surface area contributed by atoms with Gasteiger partial charge < -0.3 is 15.5 Å². The highest BCUT2D eigenvalue weighted by Gasteiger charge is 2.18. The molecule has 0 saturated carbocycles. The van der Waals surface area contributed by atoms with Gasteiger partial charge in [0.25, 0.3) is 0 Å². The lowest BCUT2D eigenvalue weighted by Gasteiger charge is -2.33. The summed E-state index contributed by atoms with van der Waals surface area (Å²) >= 11 is 0. The molecule has 1 aromatic rings. The van der Waals surface area contributed by atoms with E-state index in [-0.39, 0.29) is 0 Å². The summed E-state index contributed by atoms with van der Waals surface area (Å²) in [5.74, 6) is 0. The van der Waals surface area contributed by atoms with Crippen LogP contribution in [0.1, 0.15) is 11.1 Å². The van der Waals surface area contributed by atoms with Gasteiger partial charge in [0, 0.05) is 45.1 Å². The van der Waals surface area contributed by atoms with Crippen LogP contribution in [0.5, 0.6) is 0 Å². The number of anilines is 2. The van der Waals surface area contributed by atoms with E-state index in [1.807, 2.05) is 12.4 Å². The number of piperazine rings is 1. The molecule has 2 heterocycles. The van der Waals surface area contributed by atoms with Gasteiger partial charge in [0.2, 0.25) is 0 Å². The summed E-state index contributed by atoms with van der Waals surface area (Å²) in [6, 6.07) is 4.35. The zero-order chi connectivity index (χ0) is 13.2. The summed E-state index contributed by atoms with van der Waals surface area (Å²) in [5, 5.41) is 6.69. The topological polar surface area (TPSA) is 30.5 Å². The highest BCUT2D eigenvalue weighted by atomic mass is 15.2. The Kier molecular flexibility index (Phi) is 3.44. The van der Waals surface area contributed by atoms with Gasteiger partial charge in [0.05, 0.1) is 11.4 Å². The number of nitrogens with zero attached hydrogens (tertiary/aromatic N) is 2. The molecule has 0 bridgehead atoms. The largest absolute Gasteiger partial charge is 0.359 e. The van der Waals surface area contributed by atoms with Crippen molar-refractivity contribution in [3.63, 3.8) is 0 Å². The van der Waals surface area contributed by atoms with Gasteiger partial charge in [0.1, 0.15) is 0 Å². The number of nitrogens with one attached hydrogen (secondary N) is 2. The number of likely N-dealkylation sites (N-methyl/N-ethyl adjacent to an activating group) is 1. The Morgan fingerprint density at radius 3 is 2.58 bits per heavy atom. The molecule has 2 aliphatic rings. The highest BCUT2D eigenvalue weighted by molar-refractivity contribution is 5.77. The number of fused-ring (bicyclic) bond motifs is 1. The molecule has 2 N–H and O–H groups in total. The average molecular weight is 258 g/mol. The van der Waals surface area contributed by atoms with Gasteiger partial charge in [-0.15, -0.1) is 0 Å². The fraction of sp³-hybridized carbons (Fsp3) is 0.467. The lowest BCUT2D eigenvalue weighted by molar-refractivity contribution is 0.148. The van der Waals surface area contributed by atoms with Crippen molar-refractivity contribution in [2.75, 3.05) is 43.9 Å². The highest BCUT2D eigenvalue weighted by Crippen LogP contribution is 2.32. The molecule has 0 radical (unpaired) electrons. The minimum absolute atomic E-state index is 1.03. The van der Waals surface area contributed by atoms with Crippen molar-refractivity contribution in [2.45, 2.75) is 13.5 Å². The Hall–Kier alpha value is -1.52. The van der Waals surface area contributed by atoms with Crippen molar-refractivity contribution in [2.24, 2.45) is 0 Å². The second-order valence-electron chi connectivity index (χ2n) is 5.49. The van der Waals surface area contributed by atoms with Crippen LogP contribution in [-0.4, -0.2) is 43.0 Å². The van der Waals surface area contributed by atoms with Gasteiger partial charge in [0.15, 0.2) is 0 Å². The molecule has 4 nitrogen and oxygen atoms in total. The summed E-state index contributed by atoms with van der Waals surface area (Å²) in [4.78, 5) is 4.94. The van der Waals surface area contributed by atoms with E-state index < -0.39 is 0 Å². The average Bonchev–Trinajstić information content (AvgIpc) is 2.44. The van der Waals surface area contributed by atoms with E-state index in [4.69, 9.17) is 0 Å². The maximum atomic E-state index is 3.39. The molecule has 0 atom stereocenters. The standard InChI is InChI=1S/C15H22N4/c1-12-3-4-14-15(17-6-5-16-14)13(12)11-19-9-7-18(2)8-10-19/h3-6,16-17H,7-11H2,1-2H3. The molecule has 0 aliphatic carbocycles. The Morgan fingerprint density at radius 2 is 1.79 bits per heavy atom. The molecule has 4 heteroatoms. The van der Waals surface area contributed by atoms with Gasteiger partial charge in [-0.1, -0.05) is 6.07 Å². The molecule has 0 aromatic heterocycles. The van der Waals surface area contributed by atoms with E-state index in [0.29, 0.717) is 0 Å². The van der Waals surface area contributed by atoms with Crippen LogP contribution >= 0.6 is 0 Å². The van der Waals surface area contributed by atoms with Crippen LogP contribution in [0, 0.1) is 6.92 Å². The fourth-order valence-electron chi connectivity index (χ4n) is 2.73. The maximum absolute atomic E-state index is 3.39. The van der Waals surface area contributed by atoms with Gasteiger partial charge in [-0.3, -0.25) is 4.90 Å². The molecule has 1 fully saturated rings.